The van der Waals surface area contributed by atoms with Gasteiger partial charge in [0.2, 0.25) is 0 Å². The standard InChI is InChI=1S/C14H23NS2/c1-4-12(13-6-5-7-17-13)15-11-8-14(2,3)10-16-9-11/h5-7,11-12,15H,4,8-10H2,1-3H3. The summed E-state index contributed by atoms with van der Waals surface area (Å²) in [5.41, 5.74) is 0.494. The van der Waals surface area contributed by atoms with Crippen molar-refractivity contribution >= 4 is 23.1 Å². The first-order chi connectivity index (χ1) is 8.11. The van der Waals surface area contributed by atoms with E-state index < -0.39 is 0 Å². The highest BCUT2D eigenvalue weighted by Gasteiger charge is 2.29. The molecule has 0 spiro atoms. The minimum absolute atomic E-state index is 0.494. The Hall–Kier alpha value is 0.01000. The number of thiophene rings is 1. The fourth-order valence-electron chi connectivity index (χ4n) is 2.54. The smallest absolute Gasteiger partial charge is 0.0414 e. The molecule has 3 heteroatoms. The van der Waals surface area contributed by atoms with E-state index in [0.29, 0.717) is 17.5 Å². The van der Waals surface area contributed by atoms with Crippen LogP contribution in [0.15, 0.2) is 17.5 Å². The maximum atomic E-state index is 3.85. The predicted octanol–water partition coefficient (Wildman–Crippen LogP) is 4.32. The van der Waals surface area contributed by atoms with E-state index in [1.54, 1.807) is 0 Å². The summed E-state index contributed by atoms with van der Waals surface area (Å²) in [6, 6.07) is 5.64. The first-order valence-electron chi connectivity index (χ1n) is 6.48. The minimum atomic E-state index is 0.494. The fourth-order valence-corrected chi connectivity index (χ4v) is 4.70. The second-order valence-corrected chi connectivity index (χ2v) is 7.73. The second kappa shape index (κ2) is 5.77. The number of rotatable bonds is 4. The normalized spacial score (nSPS) is 25.7. The maximum Gasteiger partial charge on any atom is 0.0414 e. The molecule has 2 rings (SSSR count). The Morgan fingerprint density at radius 1 is 1.53 bits per heavy atom. The van der Waals surface area contributed by atoms with Crippen molar-refractivity contribution in [1.29, 1.82) is 0 Å². The molecule has 0 aromatic carbocycles. The van der Waals surface area contributed by atoms with E-state index in [4.69, 9.17) is 0 Å². The quantitative estimate of drug-likeness (QED) is 0.873. The Bertz CT molecular complexity index is 332. The molecule has 1 N–H and O–H groups in total. The molecule has 1 saturated heterocycles. The SMILES string of the molecule is CCC(NC1CSCC(C)(C)C1)c1cccs1. The molecule has 17 heavy (non-hydrogen) atoms. The molecule has 2 unspecified atom stereocenters. The summed E-state index contributed by atoms with van der Waals surface area (Å²) < 4.78 is 0. The van der Waals surface area contributed by atoms with Crippen molar-refractivity contribution < 1.29 is 0 Å². The highest BCUT2D eigenvalue weighted by molar-refractivity contribution is 7.99. The van der Waals surface area contributed by atoms with Gasteiger partial charge in [-0.25, -0.2) is 0 Å². The Labute approximate surface area is 113 Å². The molecule has 0 saturated carbocycles. The Kier molecular flexibility index (Phi) is 4.56. The molecule has 0 amide bonds. The van der Waals surface area contributed by atoms with Crippen molar-refractivity contribution in [2.24, 2.45) is 5.41 Å². The third-order valence-electron chi connectivity index (χ3n) is 3.34. The molecule has 0 bridgehead atoms. The van der Waals surface area contributed by atoms with E-state index in [0.717, 1.165) is 0 Å². The number of thioether (sulfide) groups is 1. The average Bonchev–Trinajstić information content (AvgIpc) is 2.78. The van der Waals surface area contributed by atoms with E-state index in [9.17, 15) is 0 Å². The summed E-state index contributed by atoms with van der Waals surface area (Å²) in [5, 5.41) is 6.03. The van der Waals surface area contributed by atoms with Crippen molar-refractivity contribution in [3.05, 3.63) is 22.4 Å². The molecule has 1 aromatic rings. The van der Waals surface area contributed by atoms with E-state index in [1.807, 2.05) is 11.3 Å². The largest absolute Gasteiger partial charge is 0.306 e. The van der Waals surface area contributed by atoms with Crippen LogP contribution in [0.2, 0.25) is 0 Å². The summed E-state index contributed by atoms with van der Waals surface area (Å²) in [6.45, 7) is 7.05. The highest BCUT2D eigenvalue weighted by Crippen LogP contribution is 2.35. The lowest BCUT2D eigenvalue weighted by Gasteiger charge is -2.37. The maximum absolute atomic E-state index is 3.85. The van der Waals surface area contributed by atoms with Gasteiger partial charge in [-0.2, -0.15) is 11.8 Å². The van der Waals surface area contributed by atoms with Gasteiger partial charge >= 0.3 is 0 Å². The van der Waals surface area contributed by atoms with Crippen LogP contribution in [0, 0.1) is 5.41 Å². The summed E-state index contributed by atoms with van der Waals surface area (Å²) in [6.07, 6.45) is 2.49. The highest BCUT2D eigenvalue weighted by atomic mass is 32.2. The zero-order valence-corrected chi connectivity index (χ0v) is 12.7. The molecule has 0 radical (unpaired) electrons. The summed E-state index contributed by atoms with van der Waals surface area (Å²) in [7, 11) is 0. The van der Waals surface area contributed by atoms with Crippen LogP contribution in [0.5, 0.6) is 0 Å². The van der Waals surface area contributed by atoms with Crippen LogP contribution in [0.4, 0.5) is 0 Å². The van der Waals surface area contributed by atoms with E-state index >= 15 is 0 Å². The molecule has 1 fully saturated rings. The van der Waals surface area contributed by atoms with E-state index in [-0.39, 0.29) is 0 Å². The van der Waals surface area contributed by atoms with Crippen LogP contribution in [0.3, 0.4) is 0 Å². The monoisotopic (exact) mass is 269 g/mol. The van der Waals surface area contributed by atoms with Crippen LogP contribution in [-0.2, 0) is 0 Å². The zero-order chi connectivity index (χ0) is 12.3. The Morgan fingerprint density at radius 2 is 2.35 bits per heavy atom. The molecular weight excluding hydrogens is 246 g/mol. The molecular formula is C14H23NS2. The van der Waals surface area contributed by atoms with Gasteiger partial charge in [0.05, 0.1) is 0 Å². The van der Waals surface area contributed by atoms with Crippen LogP contribution >= 0.6 is 23.1 Å². The van der Waals surface area contributed by atoms with Gasteiger partial charge in [0.1, 0.15) is 0 Å². The van der Waals surface area contributed by atoms with Crippen molar-refractivity contribution in [3.8, 4) is 0 Å². The second-order valence-electron chi connectivity index (χ2n) is 5.72. The summed E-state index contributed by atoms with van der Waals surface area (Å²) >= 11 is 3.98. The van der Waals surface area contributed by atoms with Gasteiger partial charge in [-0.15, -0.1) is 11.3 Å². The molecule has 2 atom stereocenters. The first-order valence-corrected chi connectivity index (χ1v) is 8.51. The predicted molar refractivity (Wildman–Crippen MR) is 80.0 cm³/mol. The lowest BCUT2D eigenvalue weighted by Crippen LogP contribution is -2.41. The summed E-state index contributed by atoms with van der Waals surface area (Å²) in [4.78, 5) is 1.49. The molecule has 0 aliphatic carbocycles. The fraction of sp³-hybridized carbons (Fsp3) is 0.714. The minimum Gasteiger partial charge on any atom is -0.306 e. The van der Waals surface area contributed by atoms with Crippen molar-refractivity contribution in [2.75, 3.05) is 11.5 Å². The third kappa shape index (κ3) is 3.73. The topological polar surface area (TPSA) is 12.0 Å². The van der Waals surface area contributed by atoms with Crippen molar-refractivity contribution in [3.63, 3.8) is 0 Å². The van der Waals surface area contributed by atoms with Gasteiger partial charge in [0.25, 0.3) is 0 Å². The molecule has 1 aliphatic rings. The van der Waals surface area contributed by atoms with Crippen LogP contribution < -0.4 is 5.32 Å². The molecule has 96 valence electrons. The number of hydrogen-bond donors (Lipinski definition) is 1. The Morgan fingerprint density at radius 3 is 2.94 bits per heavy atom. The molecule has 1 aliphatic heterocycles. The molecule has 1 aromatic heterocycles. The Balaban J connectivity index is 1.95. The van der Waals surface area contributed by atoms with Gasteiger partial charge in [-0.1, -0.05) is 26.8 Å². The van der Waals surface area contributed by atoms with Crippen LogP contribution in [-0.4, -0.2) is 17.5 Å². The van der Waals surface area contributed by atoms with E-state index in [1.165, 1.54) is 29.2 Å². The first kappa shape index (κ1) is 13.4. The van der Waals surface area contributed by atoms with Gasteiger partial charge in [-0.3, -0.25) is 0 Å². The van der Waals surface area contributed by atoms with Crippen LogP contribution in [0.1, 0.15) is 44.5 Å². The van der Waals surface area contributed by atoms with Gasteiger partial charge in [0, 0.05) is 22.7 Å². The van der Waals surface area contributed by atoms with Gasteiger partial charge in [0.15, 0.2) is 0 Å². The van der Waals surface area contributed by atoms with Crippen molar-refractivity contribution in [1.82, 2.24) is 5.32 Å². The van der Waals surface area contributed by atoms with E-state index in [2.05, 4.69) is 55.4 Å². The number of nitrogens with one attached hydrogen (secondary N) is 1. The zero-order valence-electron chi connectivity index (χ0n) is 11.0. The van der Waals surface area contributed by atoms with Crippen molar-refractivity contribution in [2.45, 2.75) is 45.7 Å². The average molecular weight is 269 g/mol. The molecule has 2 heterocycles. The number of hydrogen-bond acceptors (Lipinski definition) is 3. The van der Waals surface area contributed by atoms with Gasteiger partial charge in [-0.05, 0) is 35.5 Å². The van der Waals surface area contributed by atoms with Crippen LogP contribution in [0.25, 0.3) is 0 Å². The lowest BCUT2D eigenvalue weighted by atomic mass is 9.87. The summed E-state index contributed by atoms with van der Waals surface area (Å²) in [5.74, 6) is 2.58. The molecule has 1 nitrogen and oxygen atoms in total. The lowest BCUT2D eigenvalue weighted by molar-refractivity contribution is 0.299. The van der Waals surface area contributed by atoms with Gasteiger partial charge < -0.3 is 5.32 Å². The third-order valence-corrected chi connectivity index (χ3v) is 5.95.